The Labute approximate surface area is 94.3 Å². The fourth-order valence-corrected chi connectivity index (χ4v) is 2.45. The molecule has 0 spiro atoms. The lowest BCUT2D eigenvalue weighted by Crippen LogP contribution is -2.15. The van der Waals surface area contributed by atoms with Crippen LogP contribution in [0.25, 0.3) is 0 Å². The maximum absolute atomic E-state index is 10.5. The van der Waals surface area contributed by atoms with Crippen LogP contribution in [0.2, 0.25) is 0 Å². The number of carbonyl (C=O) groups is 1. The number of hydrogen-bond donors (Lipinski definition) is 3. The van der Waals surface area contributed by atoms with Gasteiger partial charge in [0.05, 0.1) is 0 Å². The van der Waals surface area contributed by atoms with Gasteiger partial charge >= 0.3 is 14.0 Å². The lowest BCUT2D eigenvalue weighted by molar-refractivity contribution is -0.137. The van der Waals surface area contributed by atoms with Gasteiger partial charge in [-0.1, -0.05) is 0 Å². The summed E-state index contributed by atoms with van der Waals surface area (Å²) in [5.41, 5.74) is 5.37. The van der Waals surface area contributed by atoms with Gasteiger partial charge in [0.1, 0.15) is 0 Å². The van der Waals surface area contributed by atoms with Crippen molar-refractivity contribution in [2.24, 2.45) is 5.73 Å². The summed E-state index contributed by atoms with van der Waals surface area (Å²) in [6.45, 7) is 0. The highest BCUT2D eigenvalue weighted by molar-refractivity contribution is 7.99. The summed E-state index contributed by atoms with van der Waals surface area (Å²) in [7, 11) is -2.26. The Morgan fingerprint density at radius 2 is 2.07 bits per heavy atom. The van der Waals surface area contributed by atoms with Crippen LogP contribution in [0.5, 0.6) is 0 Å². The summed E-state index contributed by atoms with van der Waals surface area (Å²) in [5, 5.41) is 8.37. The van der Waals surface area contributed by atoms with E-state index in [1.54, 1.807) is 11.8 Å². The van der Waals surface area contributed by atoms with Gasteiger partial charge in [0.15, 0.2) is 0 Å². The minimum absolute atomic E-state index is 0.211. The molecular formula is C8H17NO4PS+. The molecule has 0 aliphatic heterocycles. The van der Waals surface area contributed by atoms with Crippen LogP contribution in [0.1, 0.15) is 25.7 Å². The van der Waals surface area contributed by atoms with Crippen molar-refractivity contribution in [2.45, 2.75) is 31.5 Å². The smallest absolute Gasteiger partial charge is 0.481 e. The van der Waals surface area contributed by atoms with Gasteiger partial charge in [-0.2, -0.15) is 16.7 Å². The van der Waals surface area contributed by atoms with Crippen molar-refractivity contribution in [3.05, 3.63) is 0 Å². The molecule has 5 nitrogen and oxygen atoms in total. The van der Waals surface area contributed by atoms with Crippen LogP contribution < -0.4 is 5.73 Å². The van der Waals surface area contributed by atoms with Gasteiger partial charge in [-0.25, -0.2) is 0 Å². The van der Waals surface area contributed by atoms with E-state index in [4.69, 9.17) is 15.7 Å². The highest BCUT2D eigenvalue weighted by Gasteiger charge is 2.22. The maximum atomic E-state index is 10.5. The van der Waals surface area contributed by atoms with Crippen LogP contribution in [-0.2, 0) is 9.36 Å². The second-order valence-corrected chi connectivity index (χ2v) is 5.61. The SMILES string of the molecule is NC(CCSCCCCC(=O)O)[P+](=O)O. The van der Waals surface area contributed by atoms with Crippen LogP contribution in [0, 0.1) is 0 Å². The van der Waals surface area contributed by atoms with E-state index in [9.17, 15) is 9.36 Å². The predicted molar refractivity (Wildman–Crippen MR) is 61.2 cm³/mol. The first kappa shape index (κ1) is 14.8. The summed E-state index contributed by atoms with van der Waals surface area (Å²) in [4.78, 5) is 18.8. The molecule has 0 aliphatic rings. The van der Waals surface area contributed by atoms with Crippen LogP contribution in [-0.4, -0.2) is 33.3 Å². The number of rotatable bonds is 9. The lowest BCUT2D eigenvalue weighted by atomic mass is 10.3. The molecule has 0 aliphatic carbocycles. The lowest BCUT2D eigenvalue weighted by Gasteiger charge is -2.00. The van der Waals surface area contributed by atoms with Gasteiger partial charge in [0.2, 0.25) is 5.78 Å². The molecule has 0 heterocycles. The summed E-state index contributed by atoms with van der Waals surface area (Å²) in [5.74, 6) is 0.226. The Kier molecular flexibility index (Phi) is 9.00. The van der Waals surface area contributed by atoms with E-state index in [-0.39, 0.29) is 6.42 Å². The second-order valence-electron chi connectivity index (χ2n) is 3.12. The van der Waals surface area contributed by atoms with Gasteiger partial charge < -0.3 is 5.11 Å². The Balaban J connectivity index is 3.18. The average molecular weight is 254 g/mol. The molecular weight excluding hydrogens is 237 g/mol. The molecule has 15 heavy (non-hydrogen) atoms. The zero-order chi connectivity index (χ0) is 11.7. The van der Waals surface area contributed by atoms with Crippen molar-refractivity contribution in [3.8, 4) is 0 Å². The molecule has 0 radical (unpaired) electrons. The molecule has 0 aromatic carbocycles. The number of thioether (sulfide) groups is 1. The van der Waals surface area contributed by atoms with E-state index < -0.39 is 19.8 Å². The number of aliphatic carboxylic acids is 1. The molecule has 0 bridgehead atoms. The molecule has 0 amide bonds. The van der Waals surface area contributed by atoms with Gasteiger partial charge in [-0.3, -0.25) is 10.5 Å². The summed E-state index contributed by atoms with van der Waals surface area (Å²) < 4.78 is 10.5. The van der Waals surface area contributed by atoms with Crippen LogP contribution >= 0.6 is 19.8 Å². The van der Waals surface area contributed by atoms with Crippen molar-refractivity contribution >= 4 is 25.8 Å². The van der Waals surface area contributed by atoms with E-state index in [1.807, 2.05) is 0 Å². The number of unbranched alkanes of at least 4 members (excludes halogenated alkanes) is 1. The third-order valence-corrected chi connectivity index (χ3v) is 3.70. The molecule has 0 aromatic rings. The highest BCUT2D eigenvalue weighted by Crippen LogP contribution is 2.22. The first-order valence-corrected chi connectivity index (χ1v) is 7.18. The predicted octanol–water partition coefficient (Wildman–Crippen LogP) is 1.38. The van der Waals surface area contributed by atoms with E-state index >= 15 is 0 Å². The molecule has 0 aromatic heterocycles. The summed E-state index contributed by atoms with van der Waals surface area (Å²) in [6, 6.07) is 0. The molecule has 0 saturated carbocycles. The molecule has 7 heteroatoms. The number of nitrogens with two attached hydrogens (primary N) is 1. The average Bonchev–Trinajstić information content (AvgIpc) is 2.15. The van der Waals surface area contributed by atoms with Gasteiger partial charge in [0.25, 0.3) is 0 Å². The topological polar surface area (TPSA) is 101 Å². The maximum Gasteiger partial charge on any atom is 0.524 e. The zero-order valence-electron chi connectivity index (χ0n) is 8.46. The minimum Gasteiger partial charge on any atom is -0.481 e. The molecule has 4 N–H and O–H groups in total. The monoisotopic (exact) mass is 254 g/mol. The minimum atomic E-state index is -2.26. The van der Waals surface area contributed by atoms with E-state index in [0.717, 1.165) is 17.9 Å². The zero-order valence-corrected chi connectivity index (χ0v) is 10.2. The normalized spacial score (nSPS) is 13.6. The van der Waals surface area contributed by atoms with Crippen molar-refractivity contribution in [3.63, 3.8) is 0 Å². The van der Waals surface area contributed by atoms with Crippen LogP contribution in [0.15, 0.2) is 0 Å². The first-order chi connectivity index (χ1) is 7.04. The third kappa shape index (κ3) is 10.1. The molecule has 0 fully saturated rings. The van der Waals surface area contributed by atoms with Crippen molar-refractivity contribution < 1.29 is 19.4 Å². The molecule has 2 atom stereocenters. The standard InChI is InChI=1S/C8H16NO4PS/c9-7(14(12)13)4-6-15-5-2-1-3-8(10)11/h7H,1-6,9H2,(H-,10,11,12,13)/p+1. The Bertz CT molecular complexity index is 215. The number of carboxylic acid groups (broad SMARTS) is 1. The number of carboxylic acids is 1. The van der Waals surface area contributed by atoms with E-state index in [2.05, 4.69) is 0 Å². The molecule has 2 unspecified atom stereocenters. The fourth-order valence-electron chi connectivity index (χ4n) is 0.897. The largest absolute Gasteiger partial charge is 0.524 e. The van der Waals surface area contributed by atoms with Gasteiger partial charge in [-0.05, 0) is 28.9 Å². The number of hydrogen-bond acceptors (Lipinski definition) is 4. The van der Waals surface area contributed by atoms with Crippen LogP contribution in [0.4, 0.5) is 0 Å². The summed E-state index contributed by atoms with van der Waals surface area (Å²) >= 11 is 1.64. The molecule has 88 valence electrons. The van der Waals surface area contributed by atoms with Crippen molar-refractivity contribution in [1.29, 1.82) is 0 Å². The quantitative estimate of drug-likeness (QED) is 0.424. The van der Waals surface area contributed by atoms with Crippen molar-refractivity contribution in [2.75, 3.05) is 11.5 Å². The first-order valence-electron chi connectivity index (χ1n) is 4.74. The Hall–Kier alpha value is -0.160. The molecule has 0 saturated heterocycles. The van der Waals surface area contributed by atoms with E-state index in [0.29, 0.717) is 12.8 Å². The van der Waals surface area contributed by atoms with Crippen molar-refractivity contribution in [1.82, 2.24) is 0 Å². The second kappa shape index (κ2) is 9.09. The highest BCUT2D eigenvalue weighted by atomic mass is 32.2. The summed E-state index contributed by atoms with van der Waals surface area (Å²) in [6.07, 6.45) is 2.28. The third-order valence-electron chi connectivity index (χ3n) is 1.77. The Morgan fingerprint density at radius 1 is 1.40 bits per heavy atom. The Morgan fingerprint density at radius 3 is 2.60 bits per heavy atom. The van der Waals surface area contributed by atoms with E-state index in [1.165, 1.54) is 0 Å². The molecule has 0 rings (SSSR count). The van der Waals surface area contributed by atoms with Gasteiger partial charge in [0, 0.05) is 12.8 Å². The fraction of sp³-hybridized carbons (Fsp3) is 0.875. The van der Waals surface area contributed by atoms with Gasteiger partial charge in [-0.15, -0.1) is 0 Å². The van der Waals surface area contributed by atoms with Crippen LogP contribution in [0.3, 0.4) is 0 Å².